The molecule has 0 bridgehead atoms. The number of benzene rings is 1. The highest BCUT2D eigenvalue weighted by Crippen LogP contribution is 2.15. The zero-order chi connectivity index (χ0) is 13.5. The molecule has 1 rings (SSSR count). The van der Waals surface area contributed by atoms with Gasteiger partial charge >= 0.3 is 5.97 Å². The lowest BCUT2D eigenvalue weighted by atomic mass is 10.1. The van der Waals surface area contributed by atoms with E-state index in [1.165, 1.54) is 11.1 Å². The molecule has 0 saturated heterocycles. The number of carboxylic acid groups (broad SMARTS) is 1. The number of aliphatic carboxylic acids is 1. The number of hydrogen-bond acceptors (Lipinski definition) is 3. The van der Waals surface area contributed by atoms with Crippen molar-refractivity contribution in [3.63, 3.8) is 0 Å². The fraction of sp³-hybridized carbons (Fsp3) is 0.500. The minimum atomic E-state index is -0.803. The second kappa shape index (κ2) is 7.01. The molecule has 0 unspecified atom stereocenters. The maximum absolute atomic E-state index is 10.6. The van der Waals surface area contributed by atoms with Crippen LogP contribution in [0.4, 0.5) is 0 Å². The van der Waals surface area contributed by atoms with E-state index in [0.29, 0.717) is 19.7 Å². The summed E-state index contributed by atoms with van der Waals surface area (Å²) >= 11 is 0. The first-order valence-corrected chi connectivity index (χ1v) is 6.16. The number of ether oxygens (including phenoxy) is 1. The van der Waals surface area contributed by atoms with E-state index < -0.39 is 5.97 Å². The second-order valence-corrected chi connectivity index (χ2v) is 4.43. The number of nitrogens with zero attached hydrogens (tertiary/aromatic N) is 1. The summed E-state index contributed by atoms with van der Waals surface area (Å²) in [6.45, 7) is 7.90. The van der Waals surface area contributed by atoms with Crippen LogP contribution in [0, 0.1) is 13.8 Å². The Morgan fingerprint density at radius 1 is 1.28 bits per heavy atom. The van der Waals surface area contributed by atoms with E-state index in [4.69, 9.17) is 9.84 Å². The van der Waals surface area contributed by atoms with Crippen LogP contribution >= 0.6 is 0 Å². The van der Waals surface area contributed by atoms with Crippen LogP contribution in [0.5, 0.6) is 5.75 Å². The molecule has 4 heteroatoms. The van der Waals surface area contributed by atoms with Crippen molar-refractivity contribution >= 4 is 5.97 Å². The number of carbonyl (C=O) groups is 1. The average Bonchev–Trinajstić information content (AvgIpc) is 2.25. The minimum absolute atomic E-state index is 0.0622. The molecule has 18 heavy (non-hydrogen) atoms. The molecular weight excluding hydrogens is 230 g/mol. The first-order valence-electron chi connectivity index (χ1n) is 6.16. The van der Waals surface area contributed by atoms with E-state index in [1.54, 1.807) is 0 Å². The van der Waals surface area contributed by atoms with E-state index in [0.717, 1.165) is 5.75 Å². The fourth-order valence-corrected chi connectivity index (χ4v) is 1.85. The number of rotatable bonds is 7. The SMILES string of the molecule is CCN(CCOc1cc(C)cc(C)c1)CC(=O)O. The molecular formula is C14H21NO3. The molecule has 1 aromatic rings. The zero-order valence-electron chi connectivity index (χ0n) is 11.3. The Balaban J connectivity index is 2.42. The number of likely N-dealkylation sites (N-methyl/N-ethyl adjacent to an activating group) is 1. The van der Waals surface area contributed by atoms with Gasteiger partial charge < -0.3 is 9.84 Å². The molecule has 1 N–H and O–H groups in total. The van der Waals surface area contributed by atoms with Gasteiger partial charge in [-0.25, -0.2) is 0 Å². The van der Waals surface area contributed by atoms with Gasteiger partial charge in [0.1, 0.15) is 12.4 Å². The Morgan fingerprint density at radius 2 is 1.89 bits per heavy atom. The van der Waals surface area contributed by atoms with Crippen molar-refractivity contribution in [1.29, 1.82) is 0 Å². The zero-order valence-corrected chi connectivity index (χ0v) is 11.3. The number of carboxylic acids is 1. The van der Waals surface area contributed by atoms with Gasteiger partial charge in [0, 0.05) is 6.54 Å². The molecule has 0 radical (unpaired) electrons. The van der Waals surface area contributed by atoms with Gasteiger partial charge in [-0.1, -0.05) is 13.0 Å². The van der Waals surface area contributed by atoms with Gasteiger partial charge in [0.25, 0.3) is 0 Å². The third-order valence-electron chi connectivity index (χ3n) is 2.68. The topological polar surface area (TPSA) is 49.8 Å². The molecule has 0 aliphatic carbocycles. The van der Waals surface area contributed by atoms with Gasteiger partial charge in [-0.3, -0.25) is 9.69 Å². The van der Waals surface area contributed by atoms with Gasteiger partial charge in [-0.2, -0.15) is 0 Å². The number of aryl methyl sites for hydroxylation is 2. The predicted molar refractivity (Wildman–Crippen MR) is 71.2 cm³/mol. The quantitative estimate of drug-likeness (QED) is 0.806. The molecule has 0 amide bonds. The van der Waals surface area contributed by atoms with Crippen LogP contribution in [0.25, 0.3) is 0 Å². The normalized spacial score (nSPS) is 10.7. The molecule has 0 aromatic heterocycles. The van der Waals surface area contributed by atoms with Crippen molar-refractivity contribution in [1.82, 2.24) is 4.90 Å². The van der Waals surface area contributed by atoms with Crippen LogP contribution in [0.15, 0.2) is 18.2 Å². The van der Waals surface area contributed by atoms with Crippen molar-refractivity contribution in [3.05, 3.63) is 29.3 Å². The lowest BCUT2D eigenvalue weighted by molar-refractivity contribution is -0.138. The van der Waals surface area contributed by atoms with E-state index >= 15 is 0 Å². The summed E-state index contributed by atoms with van der Waals surface area (Å²) in [6.07, 6.45) is 0. The Hall–Kier alpha value is -1.55. The first-order chi connectivity index (χ1) is 8.51. The Bertz CT molecular complexity index is 384. The van der Waals surface area contributed by atoms with Crippen LogP contribution < -0.4 is 4.74 Å². The van der Waals surface area contributed by atoms with Crippen LogP contribution in [0.2, 0.25) is 0 Å². The second-order valence-electron chi connectivity index (χ2n) is 4.43. The first kappa shape index (κ1) is 14.5. The van der Waals surface area contributed by atoms with E-state index in [2.05, 4.69) is 6.07 Å². The maximum Gasteiger partial charge on any atom is 0.317 e. The molecule has 4 nitrogen and oxygen atoms in total. The molecule has 0 aliphatic heterocycles. The van der Waals surface area contributed by atoms with Crippen LogP contribution in [-0.4, -0.2) is 42.2 Å². The van der Waals surface area contributed by atoms with Crippen LogP contribution in [0.3, 0.4) is 0 Å². The Labute approximate surface area is 108 Å². The van der Waals surface area contributed by atoms with Gasteiger partial charge in [-0.15, -0.1) is 0 Å². The molecule has 0 fully saturated rings. The summed E-state index contributed by atoms with van der Waals surface area (Å²) in [4.78, 5) is 12.4. The van der Waals surface area contributed by atoms with Crippen molar-refractivity contribution in [3.8, 4) is 5.75 Å². The summed E-state index contributed by atoms with van der Waals surface area (Å²) < 4.78 is 5.65. The third-order valence-corrected chi connectivity index (χ3v) is 2.68. The van der Waals surface area contributed by atoms with Crippen molar-refractivity contribution in [2.75, 3.05) is 26.2 Å². The third kappa shape index (κ3) is 5.19. The molecule has 0 saturated carbocycles. The molecule has 0 heterocycles. The van der Waals surface area contributed by atoms with Gasteiger partial charge in [0.05, 0.1) is 6.54 Å². The molecule has 100 valence electrons. The highest BCUT2D eigenvalue weighted by Gasteiger charge is 2.07. The predicted octanol–water partition coefficient (Wildman–Crippen LogP) is 2.09. The monoisotopic (exact) mass is 251 g/mol. The fourth-order valence-electron chi connectivity index (χ4n) is 1.85. The standard InChI is InChI=1S/C14H21NO3/c1-4-15(10-14(16)17)5-6-18-13-8-11(2)7-12(3)9-13/h7-9H,4-6,10H2,1-3H3,(H,16,17). The summed E-state index contributed by atoms with van der Waals surface area (Å²) in [7, 11) is 0. The number of hydrogen-bond donors (Lipinski definition) is 1. The smallest absolute Gasteiger partial charge is 0.317 e. The summed E-state index contributed by atoms with van der Waals surface area (Å²) in [5.41, 5.74) is 2.34. The van der Waals surface area contributed by atoms with Gasteiger partial charge in [-0.05, 0) is 43.7 Å². The highest BCUT2D eigenvalue weighted by atomic mass is 16.5. The van der Waals surface area contributed by atoms with Crippen molar-refractivity contribution < 1.29 is 14.6 Å². The van der Waals surface area contributed by atoms with E-state index in [9.17, 15) is 4.79 Å². The largest absolute Gasteiger partial charge is 0.492 e. The lowest BCUT2D eigenvalue weighted by Gasteiger charge is -2.18. The lowest BCUT2D eigenvalue weighted by Crippen LogP contribution is -2.33. The van der Waals surface area contributed by atoms with Crippen molar-refractivity contribution in [2.24, 2.45) is 0 Å². The highest BCUT2D eigenvalue weighted by molar-refractivity contribution is 5.69. The van der Waals surface area contributed by atoms with Crippen LogP contribution in [-0.2, 0) is 4.79 Å². The molecule has 0 aliphatic rings. The minimum Gasteiger partial charge on any atom is -0.492 e. The maximum atomic E-state index is 10.6. The van der Waals surface area contributed by atoms with Crippen LogP contribution in [0.1, 0.15) is 18.1 Å². The summed E-state index contributed by atoms with van der Waals surface area (Å²) in [5, 5.41) is 8.72. The van der Waals surface area contributed by atoms with Gasteiger partial charge in [0.15, 0.2) is 0 Å². The van der Waals surface area contributed by atoms with Crippen molar-refractivity contribution in [2.45, 2.75) is 20.8 Å². The molecule has 0 spiro atoms. The van der Waals surface area contributed by atoms with E-state index in [1.807, 2.05) is 37.8 Å². The van der Waals surface area contributed by atoms with Gasteiger partial charge in [0.2, 0.25) is 0 Å². The molecule has 0 atom stereocenters. The molecule has 1 aromatic carbocycles. The summed E-state index contributed by atoms with van der Waals surface area (Å²) in [5.74, 6) is 0.0436. The summed E-state index contributed by atoms with van der Waals surface area (Å²) in [6, 6.07) is 6.07. The average molecular weight is 251 g/mol. The Kier molecular flexibility index (Phi) is 5.65. The van der Waals surface area contributed by atoms with E-state index in [-0.39, 0.29) is 6.54 Å². The Morgan fingerprint density at radius 3 is 2.39 bits per heavy atom.